The van der Waals surface area contributed by atoms with Crippen molar-refractivity contribution in [2.75, 3.05) is 6.54 Å². The van der Waals surface area contributed by atoms with Gasteiger partial charge in [0.15, 0.2) is 0 Å². The molecule has 2 aromatic rings. The Bertz CT molecular complexity index is 725. The maximum atomic E-state index is 13.7. The molecule has 22 heavy (non-hydrogen) atoms. The lowest BCUT2D eigenvalue weighted by molar-refractivity contribution is 0.572. The van der Waals surface area contributed by atoms with Gasteiger partial charge in [-0.1, -0.05) is 42.5 Å². The van der Waals surface area contributed by atoms with E-state index in [2.05, 4.69) is 4.72 Å². The Hall–Kier alpha value is -1.72. The minimum Gasteiger partial charge on any atom is -0.215 e. The van der Waals surface area contributed by atoms with Gasteiger partial charge in [0.05, 0.1) is 5.25 Å². The highest BCUT2D eigenvalue weighted by molar-refractivity contribution is 7.90. The minimum absolute atomic E-state index is 0.250. The van der Waals surface area contributed by atoms with Crippen LogP contribution in [-0.2, 0) is 16.4 Å². The number of halogens is 1. The van der Waals surface area contributed by atoms with E-state index in [9.17, 15) is 12.8 Å². The molecule has 0 saturated carbocycles. The van der Waals surface area contributed by atoms with E-state index in [0.29, 0.717) is 18.5 Å². The molecule has 0 aromatic heterocycles. The van der Waals surface area contributed by atoms with E-state index in [1.165, 1.54) is 6.07 Å². The van der Waals surface area contributed by atoms with Crippen LogP contribution in [0, 0.1) is 5.82 Å². The van der Waals surface area contributed by atoms with Gasteiger partial charge in [-0.15, -0.1) is 0 Å². The predicted molar refractivity (Wildman–Crippen MR) is 87.6 cm³/mol. The maximum Gasteiger partial charge on any atom is 0.213 e. The fourth-order valence-electron chi connectivity index (χ4n) is 2.05. The highest BCUT2D eigenvalue weighted by Crippen LogP contribution is 2.22. The molecule has 0 heterocycles. The topological polar surface area (TPSA) is 46.2 Å². The quantitative estimate of drug-likeness (QED) is 0.887. The Morgan fingerprint density at radius 3 is 2.27 bits per heavy atom. The lowest BCUT2D eigenvalue weighted by Crippen LogP contribution is -2.32. The smallest absolute Gasteiger partial charge is 0.213 e. The summed E-state index contributed by atoms with van der Waals surface area (Å²) in [6.07, 6.45) is 0.601. The Morgan fingerprint density at radius 2 is 1.68 bits per heavy atom. The lowest BCUT2D eigenvalue weighted by atomic mass is 10.0. The molecule has 0 radical (unpaired) electrons. The molecule has 0 saturated heterocycles. The van der Waals surface area contributed by atoms with Crippen LogP contribution in [0.3, 0.4) is 0 Å². The second-order valence-corrected chi connectivity index (χ2v) is 7.74. The molecule has 3 nitrogen and oxygen atoms in total. The van der Waals surface area contributed by atoms with Crippen molar-refractivity contribution in [2.24, 2.45) is 0 Å². The van der Waals surface area contributed by atoms with E-state index in [-0.39, 0.29) is 5.82 Å². The lowest BCUT2D eigenvalue weighted by Gasteiger charge is -2.10. The summed E-state index contributed by atoms with van der Waals surface area (Å²) >= 11 is 0. The summed E-state index contributed by atoms with van der Waals surface area (Å²) in [5, 5.41) is -0.434. The predicted octanol–water partition coefficient (Wildman–Crippen LogP) is 3.36. The highest BCUT2D eigenvalue weighted by Gasteiger charge is 2.14. The first-order valence-electron chi connectivity index (χ1n) is 7.22. The van der Waals surface area contributed by atoms with Gasteiger partial charge < -0.3 is 0 Å². The molecule has 0 unspecified atom stereocenters. The molecule has 0 amide bonds. The van der Waals surface area contributed by atoms with E-state index in [0.717, 1.165) is 11.1 Å². The maximum absolute atomic E-state index is 13.7. The molecule has 0 fully saturated rings. The van der Waals surface area contributed by atoms with E-state index in [4.69, 9.17) is 0 Å². The number of nitrogens with one attached hydrogen (secondary N) is 1. The van der Waals surface area contributed by atoms with Crippen molar-refractivity contribution >= 4 is 10.0 Å². The van der Waals surface area contributed by atoms with Gasteiger partial charge in [0, 0.05) is 12.1 Å². The van der Waals surface area contributed by atoms with Gasteiger partial charge in [-0.25, -0.2) is 17.5 Å². The summed E-state index contributed by atoms with van der Waals surface area (Å²) in [4.78, 5) is 0. The van der Waals surface area contributed by atoms with Gasteiger partial charge in [0.25, 0.3) is 0 Å². The monoisotopic (exact) mass is 321 g/mol. The molecule has 0 bridgehead atoms. The van der Waals surface area contributed by atoms with Gasteiger partial charge in [-0.05, 0) is 37.5 Å². The van der Waals surface area contributed by atoms with Crippen LogP contribution in [0.4, 0.5) is 4.39 Å². The van der Waals surface area contributed by atoms with Gasteiger partial charge >= 0.3 is 0 Å². The standard InChI is InChI=1S/C17H20FNO2S/c1-13(2)22(20,21)19-12-11-14-7-9-15(10-8-14)16-5-3-4-6-17(16)18/h3-10,13,19H,11-12H2,1-2H3. The zero-order valence-electron chi connectivity index (χ0n) is 12.7. The molecule has 1 N–H and O–H groups in total. The SMILES string of the molecule is CC(C)S(=O)(=O)NCCc1ccc(-c2ccccc2F)cc1. The zero-order valence-corrected chi connectivity index (χ0v) is 13.5. The Balaban J connectivity index is 2.00. The van der Waals surface area contributed by atoms with E-state index in [1.807, 2.05) is 24.3 Å². The van der Waals surface area contributed by atoms with Crippen LogP contribution >= 0.6 is 0 Å². The van der Waals surface area contributed by atoms with Crippen LogP contribution in [-0.4, -0.2) is 20.2 Å². The van der Waals surface area contributed by atoms with Crippen molar-refractivity contribution in [2.45, 2.75) is 25.5 Å². The Morgan fingerprint density at radius 1 is 1.05 bits per heavy atom. The molecule has 0 spiro atoms. The largest absolute Gasteiger partial charge is 0.215 e. The molecule has 2 aromatic carbocycles. The van der Waals surface area contributed by atoms with Crippen LogP contribution in [0.25, 0.3) is 11.1 Å². The molecule has 0 aliphatic carbocycles. The van der Waals surface area contributed by atoms with Gasteiger partial charge in [0.2, 0.25) is 10.0 Å². The van der Waals surface area contributed by atoms with Gasteiger partial charge in [-0.3, -0.25) is 0 Å². The van der Waals surface area contributed by atoms with Gasteiger partial charge in [0.1, 0.15) is 5.82 Å². The summed E-state index contributed by atoms with van der Waals surface area (Å²) < 4.78 is 39.6. The van der Waals surface area contributed by atoms with Crippen molar-refractivity contribution in [3.63, 3.8) is 0 Å². The molecular formula is C17H20FNO2S. The van der Waals surface area contributed by atoms with Crippen LogP contribution in [0.5, 0.6) is 0 Å². The second-order valence-electron chi connectivity index (χ2n) is 5.41. The third-order valence-electron chi connectivity index (χ3n) is 3.48. The van der Waals surface area contributed by atoms with Crippen molar-refractivity contribution in [3.8, 4) is 11.1 Å². The summed E-state index contributed by atoms with van der Waals surface area (Å²) in [5.41, 5.74) is 2.38. The zero-order chi connectivity index (χ0) is 16.2. The molecular weight excluding hydrogens is 301 g/mol. The Kier molecular flexibility index (Phi) is 5.32. The average Bonchev–Trinajstić information content (AvgIpc) is 2.48. The first-order valence-corrected chi connectivity index (χ1v) is 8.77. The number of sulfonamides is 1. The molecule has 0 aliphatic heterocycles. The molecule has 118 valence electrons. The normalized spacial score (nSPS) is 11.8. The fraction of sp³-hybridized carbons (Fsp3) is 0.294. The van der Waals surface area contributed by atoms with E-state index < -0.39 is 15.3 Å². The van der Waals surface area contributed by atoms with E-state index >= 15 is 0 Å². The fourth-order valence-corrected chi connectivity index (χ4v) is 2.77. The van der Waals surface area contributed by atoms with Crippen LogP contribution in [0.1, 0.15) is 19.4 Å². The van der Waals surface area contributed by atoms with E-state index in [1.54, 1.807) is 32.0 Å². The summed E-state index contributed by atoms with van der Waals surface area (Å²) in [5.74, 6) is -0.250. The molecule has 5 heteroatoms. The number of hydrogen-bond acceptors (Lipinski definition) is 2. The van der Waals surface area contributed by atoms with Crippen molar-refractivity contribution < 1.29 is 12.8 Å². The first-order chi connectivity index (χ1) is 10.4. The van der Waals surface area contributed by atoms with Crippen LogP contribution < -0.4 is 4.72 Å². The summed E-state index contributed by atoms with van der Waals surface area (Å²) in [6.45, 7) is 3.65. The van der Waals surface area contributed by atoms with Crippen molar-refractivity contribution in [1.82, 2.24) is 4.72 Å². The second kappa shape index (κ2) is 7.03. The van der Waals surface area contributed by atoms with Crippen molar-refractivity contribution in [3.05, 3.63) is 59.9 Å². The third kappa shape index (κ3) is 4.15. The molecule has 0 aliphatic rings. The van der Waals surface area contributed by atoms with Crippen LogP contribution in [0.15, 0.2) is 48.5 Å². The number of rotatable bonds is 6. The minimum atomic E-state index is -3.22. The number of hydrogen-bond donors (Lipinski definition) is 1. The summed E-state index contributed by atoms with van der Waals surface area (Å²) in [6, 6.07) is 14.1. The number of benzene rings is 2. The third-order valence-corrected chi connectivity index (χ3v) is 5.32. The average molecular weight is 321 g/mol. The summed E-state index contributed by atoms with van der Waals surface area (Å²) in [7, 11) is -3.22. The van der Waals surface area contributed by atoms with Crippen molar-refractivity contribution in [1.29, 1.82) is 0 Å². The van der Waals surface area contributed by atoms with Gasteiger partial charge in [-0.2, -0.15) is 0 Å². The van der Waals surface area contributed by atoms with Crippen LogP contribution in [0.2, 0.25) is 0 Å². The highest BCUT2D eigenvalue weighted by atomic mass is 32.2. The molecule has 2 rings (SSSR count). The Labute approximate surface area is 131 Å². The first kappa shape index (κ1) is 16.6. The molecule has 0 atom stereocenters.